The van der Waals surface area contributed by atoms with Gasteiger partial charge in [-0.1, -0.05) is 12.1 Å². The van der Waals surface area contributed by atoms with Crippen LogP contribution in [0.1, 0.15) is 25.3 Å². The summed E-state index contributed by atoms with van der Waals surface area (Å²) in [7, 11) is 1.96. The van der Waals surface area contributed by atoms with Crippen molar-refractivity contribution in [2.75, 3.05) is 12.8 Å². The van der Waals surface area contributed by atoms with Crippen LogP contribution in [0.25, 0.3) is 0 Å². The number of benzene rings is 1. The normalized spacial score (nSPS) is 16.6. The van der Waals surface area contributed by atoms with Crippen LogP contribution >= 0.6 is 0 Å². The Morgan fingerprint density at radius 1 is 1.56 bits per heavy atom. The van der Waals surface area contributed by atoms with Crippen molar-refractivity contribution in [2.45, 2.75) is 38.4 Å². The summed E-state index contributed by atoms with van der Waals surface area (Å²) in [5.74, 6) is 0.115. The van der Waals surface area contributed by atoms with Crippen molar-refractivity contribution in [2.24, 2.45) is 0 Å². The molecule has 3 N–H and O–H groups in total. The van der Waals surface area contributed by atoms with Gasteiger partial charge in [-0.3, -0.25) is 9.69 Å². The highest BCUT2D eigenvalue weighted by Crippen LogP contribution is 2.19. The molecule has 1 fully saturated rings. The van der Waals surface area contributed by atoms with E-state index in [1.807, 2.05) is 43.1 Å². The standard InChI is InChI=1S/C14H21N3O/c1-10(14(18)16-13-6-7-13)17(2)9-11-4-3-5-12(15)8-11/h3-5,8,10,13H,6-7,9,15H2,1-2H3,(H,16,18). The van der Waals surface area contributed by atoms with Gasteiger partial charge in [0.15, 0.2) is 0 Å². The number of nitrogens with one attached hydrogen (secondary N) is 1. The van der Waals surface area contributed by atoms with Gasteiger partial charge < -0.3 is 11.1 Å². The second-order valence-corrected chi connectivity index (χ2v) is 5.12. The second kappa shape index (κ2) is 5.40. The summed E-state index contributed by atoms with van der Waals surface area (Å²) >= 11 is 0. The molecular weight excluding hydrogens is 226 g/mol. The molecule has 1 amide bonds. The van der Waals surface area contributed by atoms with Crippen LogP contribution in [0, 0.1) is 0 Å². The van der Waals surface area contributed by atoms with E-state index >= 15 is 0 Å². The van der Waals surface area contributed by atoms with Gasteiger partial charge in [-0.05, 0) is 44.5 Å². The van der Waals surface area contributed by atoms with Crippen molar-refractivity contribution in [3.8, 4) is 0 Å². The largest absolute Gasteiger partial charge is 0.399 e. The summed E-state index contributed by atoms with van der Waals surface area (Å²) in [4.78, 5) is 13.9. The SMILES string of the molecule is CC(C(=O)NC1CC1)N(C)Cc1cccc(N)c1. The zero-order valence-corrected chi connectivity index (χ0v) is 11.0. The zero-order chi connectivity index (χ0) is 13.1. The van der Waals surface area contributed by atoms with Gasteiger partial charge in [0, 0.05) is 18.3 Å². The average molecular weight is 247 g/mol. The third-order valence-corrected chi connectivity index (χ3v) is 3.35. The van der Waals surface area contributed by atoms with Gasteiger partial charge in [-0.15, -0.1) is 0 Å². The van der Waals surface area contributed by atoms with Crippen LogP contribution in [0.4, 0.5) is 5.69 Å². The highest BCUT2D eigenvalue weighted by atomic mass is 16.2. The lowest BCUT2D eigenvalue weighted by molar-refractivity contribution is -0.125. The number of nitrogens with two attached hydrogens (primary N) is 1. The van der Waals surface area contributed by atoms with Crippen LogP contribution < -0.4 is 11.1 Å². The molecule has 1 saturated carbocycles. The van der Waals surface area contributed by atoms with E-state index in [2.05, 4.69) is 5.32 Å². The van der Waals surface area contributed by atoms with E-state index in [0.717, 1.165) is 30.6 Å². The minimum atomic E-state index is -0.118. The summed E-state index contributed by atoms with van der Waals surface area (Å²) in [6, 6.07) is 8.08. The first-order valence-corrected chi connectivity index (χ1v) is 6.41. The average Bonchev–Trinajstić information content (AvgIpc) is 3.11. The molecule has 1 unspecified atom stereocenters. The summed E-state index contributed by atoms with van der Waals surface area (Å²) in [6.07, 6.45) is 2.24. The van der Waals surface area contributed by atoms with Crippen molar-refractivity contribution in [3.63, 3.8) is 0 Å². The molecule has 1 atom stereocenters. The first-order chi connectivity index (χ1) is 8.56. The molecule has 0 bridgehead atoms. The number of carbonyl (C=O) groups excluding carboxylic acids is 1. The summed E-state index contributed by atoms with van der Waals surface area (Å²) in [5, 5.41) is 3.03. The van der Waals surface area contributed by atoms with E-state index in [-0.39, 0.29) is 11.9 Å². The number of nitrogens with zero attached hydrogens (tertiary/aromatic N) is 1. The molecule has 4 heteroatoms. The zero-order valence-electron chi connectivity index (χ0n) is 11.0. The minimum absolute atomic E-state index is 0.115. The summed E-state index contributed by atoms with van der Waals surface area (Å²) < 4.78 is 0. The Labute approximate surface area is 108 Å². The fourth-order valence-corrected chi connectivity index (χ4v) is 1.87. The molecule has 0 saturated heterocycles. The molecule has 0 heterocycles. The molecule has 0 spiro atoms. The maximum atomic E-state index is 11.9. The Bertz CT molecular complexity index is 429. The number of amides is 1. The molecule has 1 aromatic carbocycles. The van der Waals surface area contributed by atoms with E-state index in [9.17, 15) is 4.79 Å². The third-order valence-electron chi connectivity index (χ3n) is 3.35. The highest BCUT2D eigenvalue weighted by molar-refractivity contribution is 5.81. The minimum Gasteiger partial charge on any atom is -0.399 e. The van der Waals surface area contributed by atoms with Gasteiger partial charge in [0.25, 0.3) is 0 Å². The molecule has 1 aromatic rings. The molecule has 98 valence electrons. The van der Waals surface area contributed by atoms with E-state index < -0.39 is 0 Å². The molecule has 1 aliphatic rings. The van der Waals surface area contributed by atoms with Crippen molar-refractivity contribution >= 4 is 11.6 Å². The number of carbonyl (C=O) groups is 1. The number of hydrogen-bond acceptors (Lipinski definition) is 3. The molecule has 0 radical (unpaired) electrons. The molecule has 4 nitrogen and oxygen atoms in total. The van der Waals surface area contributed by atoms with E-state index in [4.69, 9.17) is 5.73 Å². The van der Waals surface area contributed by atoms with Gasteiger partial charge in [0.1, 0.15) is 0 Å². The number of anilines is 1. The van der Waals surface area contributed by atoms with Crippen molar-refractivity contribution < 1.29 is 4.79 Å². The van der Waals surface area contributed by atoms with Crippen LogP contribution in [0.5, 0.6) is 0 Å². The fourth-order valence-electron chi connectivity index (χ4n) is 1.87. The second-order valence-electron chi connectivity index (χ2n) is 5.12. The van der Waals surface area contributed by atoms with E-state index in [0.29, 0.717) is 6.04 Å². The quantitative estimate of drug-likeness (QED) is 0.773. The van der Waals surface area contributed by atoms with E-state index in [1.54, 1.807) is 0 Å². The Morgan fingerprint density at radius 3 is 2.89 bits per heavy atom. The lowest BCUT2D eigenvalue weighted by Gasteiger charge is -2.24. The van der Waals surface area contributed by atoms with Crippen molar-refractivity contribution in [1.82, 2.24) is 10.2 Å². The van der Waals surface area contributed by atoms with Gasteiger partial charge in [-0.2, -0.15) is 0 Å². The Kier molecular flexibility index (Phi) is 3.87. The molecule has 0 aromatic heterocycles. The number of nitrogen functional groups attached to an aromatic ring is 1. The predicted octanol–water partition coefficient (Wildman–Crippen LogP) is 1.37. The first-order valence-electron chi connectivity index (χ1n) is 6.41. The summed E-state index contributed by atoms with van der Waals surface area (Å²) in [6.45, 7) is 2.66. The maximum Gasteiger partial charge on any atom is 0.237 e. The number of likely N-dealkylation sites (N-methyl/N-ethyl adjacent to an activating group) is 1. The molecule has 18 heavy (non-hydrogen) atoms. The lowest BCUT2D eigenvalue weighted by Crippen LogP contribution is -2.43. The maximum absolute atomic E-state index is 11.9. The number of rotatable bonds is 5. The number of hydrogen-bond donors (Lipinski definition) is 2. The van der Waals surface area contributed by atoms with Crippen LogP contribution in [0.3, 0.4) is 0 Å². The summed E-state index contributed by atoms with van der Waals surface area (Å²) in [5.41, 5.74) is 7.64. The van der Waals surface area contributed by atoms with Crippen molar-refractivity contribution in [3.05, 3.63) is 29.8 Å². The van der Waals surface area contributed by atoms with Gasteiger partial charge >= 0.3 is 0 Å². The smallest absolute Gasteiger partial charge is 0.237 e. The van der Waals surface area contributed by atoms with E-state index in [1.165, 1.54) is 0 Å². The molecule has 0 aliphatic heterocycles. The van der Waals surface area contributed by atoms with Gasteiger partial charge in [0.05, 0.1) is 6.04 Å². The Morgan fingerprint density at radius 2 is 2.28 bits per heavy atom. The fraction of sp³-hybridized carbons (Fsp3) is 0.500. The highest BCUT2D eigenvalue weighted by Gasteiger charge is 2.27. The van der Waals surface area contributed by atoms with Crippen LogP contribution in [-0.4, -0.2) is 29.9 Å². The van der Waals surface area contributed by atoms with Gasteiger partial charge in [0.2, 0.25) is 5.91 Å². The molecule has 1 aliphatic carbocycles. The monoisotopic (exact) mass is 247 g/mol. The van der Waals surface area contributed by atoms with Crippen LogP contribution in [-0.2, 0) is 11.3 Å². The van der Waals surface area contributed by atoms with Gasteiger partial charge in [-0.25, -0.2) is 0 Å². The Balaban J connectivity index is 1.89. The molecule has 2 rings (SSSR count). The Hall–Kier alpha value is -1.55. The first kappa shape index (κ1) is 12.9. The lowest BCUT2D eigenvalue weighted by atomic mass is 10.1. The van der Waals surface area contributed by atoms with Crippen molar-refractivity contribution in [1.29, 1.82) is 0 Å². The topological polar surface area (TPSA) is 58.4 Å². The van der Waals surface area contributed by atoms with Crippen LogP contribution in [0.15, 0.2) is 24.3 Å². The van der Waals surface area contributed by atoms with Crippen LogP contribution in [0.2, 0.25) is 0 Å². The third kappa shape index (κ3) is 3.47. The predicted molar refractivity (Wildman–Crippen MR) is 72.9 cm³/mol. The molecular formula is C14H21N3O.